The van der Waals surface area contributed by atoms with Crippen LogP contribution in [0.2, 0.25) is 0 Å². The second-order valence-corrected chi connectivity index (χ2v) is 8.01. The van der Waals surface area contributed by atoms with Crippen molar-refractivity contribution in [2.45, 2.75) is 136 Å². The Labute approximate surface area is 164 Å². The molecule has 0 rings (SSSR count). The van der Waals surface area contributed by atoms with E-state index in [2.05, 4.69) is 20.8 Å². The zero-order chi connectivity index (χ0) is 19.3. The number of ether oxygens (including phenoxy) is 1. The number of unbranched alkanes of at least 4 members (excludes halogenated alkanes) is 14. The summed E-state index contributed by atoms with van der Waals surface area (Å²) in [7, 11) is 0. The number of carbonyl (C=O) groups excluding carboxylic acids is 1. The number of hydrogen-bond donors (Lipinski definition) is 0. The second kappa shape index (κ2) is 20.8. The quantitative estimate of drug-likeness (QED) is 0.160. The van der Waals surface area contributed by atoms with Gasteiger partial charge in [-0.15, -0.1) is 0 Å². The summed E-state index contributed by atoms with van der Waals surface area (Å²) in [6, 6.07) is 0. The Kier molecular flexibility index (Phi) is 20.4. The number of carbonyl (C=O) groups is 1. The molecule has 0 spiro atoms. The molecule has 0 N–H and O–H groups in total. The van der Waals surface area contributed by atoms with Crippen molar-refractivity contribution in [3.8, 4) is 0 Å². The van der Waals surface area contributed by atoms with Gasteiger partial charge in [0.25, 0.3) is 0 Å². The summed E-state index contributed by atoms with van der Waals surface area (Å²) in [4.78, 5) is 12.1. The highest BCUT2D eigenvalue weighted by molar-refractivity contribution is 5.72. The van der Waals surface area contributed by atoms with Crippen LogP contribution in [0.4, 0.5) is 0 Å². The first kappa shape index (κ1) is 25.5. The standard InChI is InChI=1S/C24H48O2/c1-4-7-9-11-12-13-14-15-16-17-18-19-21-23(6-3)24(25)26-22-20-10-8-5-2/h23H,4-22H2,1-3H3. The molecule has 26 heavy (non-hydrogen) atoms. The van der Waals surface area contributed by atoms with Crippen LogP contribution in [-0.2, 0) is 9.53 Å². The maximum atomic E-state index is 12.1. The maximum absolute atomic E-state index is 12.1. The van der Waals surface area contributed by atoms with Gasteiger partial charge >= 0.3 is 5.97 Å². The lowest BCUT2D eigenvalue weighted by atomic mass is 9.97. The highest BCUT2D eigenvalue weighted by Gasteiger charge is 2.17. The Hall–Kier alpha value is -0.530. The molecule has 1 unspecified atom stereocenters. The van der Waals surface area contributed by atoms with Gasteiger partial charge in [0.05, 0.1) is 12.5 Å². The van der Waals surface area contributed by atoms with Gasteiger partial charge < -0.3 is 4.74 Å². The van der Waals surface area contributed by atoms with Crippen molar-refractivity contribution >= 4 is 5.97 Å². The molecule has 0 saturated heterocycles. The van der Waals surface area contributed by atoms with Crippen molar-refractivity contribution in [2.75, 3.05) is 6.61 Å². The van der Waals surface area contributed by atoms with Crippen LogP contribution in [0.3, 0.4) is 0 Å². The lowest BCUT2D eigenvalue weighted by molar-refractivity contribution is -0.149. The largest absolute Gasteiger partial charge is 0.465 e. The van der Waals surface area contributed by atoms with Gasteiger partial charge in [0.15, 0.2) is 0 Å². The summed E-state index contributed by atoms with van der Waals surface area (Å²) in [5, 5.41) is 0. The summed E-state index contributed by atoms with van der Waals surface area (Å²) < 4.78 is 5.46. The van der Waals surface area contributed by atoms with Gasteiger partial charge in [-0.05, 0) is 19.3 Å². The molecule has 0 aliphatic rings. The summed E-state index contributed by atoms with van der Waals surface area (Å²) in [6.45, 7) is 7.21. The lowest BCUT2D eigenvalue weighted by Gasteiger charge is -2.14. The minimum absolute atomic E-state index is 0.0482. The molecule has 0 radical (unpaired) electrons. The Morgan fingerprint density at radius 2 is 1.04 bits per heavy atom. The smallest absolute Gasteiger partial charge is 0.308 e. The highest BCUT2D eigenvalue weighted by atomic mass is 16.5. The minimum atomic E-state index is 0.0482. The first-order chi connectivity index (χ1) is 12.8. The van der Waals surface area contributed by atoms with E-state index in [9.17, 15) is 4.79 Å². The third-order valence-corrected chi connectivity index (χ3v) is 5.47. The molecule has 0 aliphatic carbocycles. The first-order valence-electron chi connectivity index (χ1n) is 11.9. The van der Waals surface area contributed by atoms with Crippen LogP contribution in [0.5, 0.6) is 0 Å². The Bertz CT molecular complexity index is 288. The van der Waals surface area contributed by atoms with E-state index in [4.69, 9.17) is 4.74 Å². The van der Waals surface area contributed by atoms with Crippen LogP contribution in [0, 0.1) is 5.92 Å². The van der Waals surface area contributed by atoms with Gasteiger partial charge in [0.2, 0.25) is 0 Å². The van der Waals surface area contributed by atoms with E-state index < -0.39 is 0 Å². The van der Waals surface area contributed by atoms with Gasteiger partial charge in [-0.25, -0.2) is 0 Å². The molecular weight excluding hydrogens is 320 g/mol. The van der Waals surface area contributed by atoms with Crippen molar-refractivity contribution in [2.24, 2.45) is 5.92 Å². The summed E-state index contributed by atoms with van der Waals surface area (Å²) >= 11 is 0. The highest BCUT2D eigenvalue weighted by Crippen LogP contribution is 2.18. The van der Waals surface area contributed by atoms with E-state index >= 15 is 0 Å². The predicted octanol–water partition coefficient (Wildman–Crippen LogP) is 8.23. The summed E-state index contributed by atoms with van der Waals surface area (Å²) in [5.41, 5.74) is 0. The third-order valence-electron chi connectivity index (χ3n) is 5.47. The summed E-state index contributed by atoms with van der Waals surface area (Å²) in [6.07, 6.45) is 23.0. The Morgan fingerprint density at radius 3 is 1.50 bits per heavy atom. The predicted molar refractivity (Wildman–Crippen MR) is 115 cm³/mol. The first-order valence-corrected chi connectivity index (χ1v) is 11.9. The van der Waals surface area contributed by atoms with Crippen LogP contribution in [0.15, 0.2) is 0 Å². The van der Waals surface area contributed by atoms with Crippen molar-refractivity contribution < 1.29 is 9.53 Å². The normalized spacial score (nSPS) is 12.3. The maximum Gasteiger partial charge on any atom is 0.308 e. The molecule has 0 saturated carbocycles. The molecule has 0 aromatic rings. The molecule has 0 aliphatic heterocycles. The summed E-state index contributed by atoms with van der Waals surface area (Å²) in [5.74, 6) is 0.177. The van der Waals surface area contributed by atoms with Crippen molar-refractivity contribution in [1.29, 1.82) is 0 Å². The van der Waals surface area contributed by atoms with Gasteiger partial charge in [0, 0.05) is 0 Å². The van der Waals surface area contributed by atoms with Crippen molar-refractivity contribution in [3.63, 3.8) is 0 Å². The van der Waals surface area contributed by atoms with Crippen LogP contribution < -0.4 is 0 Å². The SMILES string of the molecule is CCCCCCCCCCCCCCC(CC)C(=O)OCCCCCC. The van der Waals surface area contributed by atoms with Gasteiger partial charge in [-0.3, -0.25) is 4.79 Å². The Balaban J connectivity index is 3.43. The van der Waals surface area contributed by atoms with Crippen LogP contribution in [0.1, 0.15) is 136 Å². The fourth-order valence-electron chi connectivity index (χ4n) is 3.54. The zero-order valence-corrected chi connectivity index (χ0v) is 18.3. The molecule has 0 aromatic carbocycles. The van der Waals surface area contributed by atoms with Gasteiger partial charge in [-0.2, -0.15) is 0 Å². The van der Waals surface area contributed by atoms with E-state index in [-0.39, 0.29) is 11.9 Å². The average Bonchev–Trinajstić information content (AvgIpc) is 2.65. The third kappa shape index (κ3) is 16.9. The fraction of sp³-hybridized carbons (Fsp3) is 0.958. The minimum Gasteiger partial charge on any atom is -0.465 e. The number of rotatable bonds is 20. The zero-order valence-electron chi connectivity index (χ0n) is 18.3. The number of hydrogen-bond acceptors (Lipinski definition) is 2. The molecule has 156 valence electrons. The van der Waals surface area contributed by atoms with Crippen LogP contribution in [0.25, 0.3) is 0 Å². The van der Waals surface area contributed by atoms with Crippen molar-refractivity contribution in [1.82, 2.24) is 0 Å². The second-order valence-electron chi connectivity index (χ2n) is 8.01. The molecule has 1 atom stereocenters. The molecule has 0 fully saturated rings. The molecule has 0 amide bonds. The van der Waals surface area contributed by atoms with Gasteiger partial charge in [0.1, 0.15) is 0 Å². The topological polar surface area (TPSA) is 26.3 Å². The average molecular weight is 369 g/mol. The molecule has 0 heterocycles. The molecular formula is C24H48O2. The van der Waals surface area contributed by atoms with E-state index in [1.54, 1.807) is 0 Å². The fourth-order valence-corrected chi connectivity index (χ4v) is 3.54. The lowest BCUT2D eigenvalue weighted by Crippen LogP contribution is -2.17. The van der Waals surface area contributed by atoms with Crippen molar-refractivity contribution in [3.05, 3.63) is 0 Å². The molecule has 0 aromatic heterocycles. The van der Waals surface area contributed by atoms with Gasteiger partial charge in [-0.1, -0.05) is 117 Å². The van der Waals surface area contributed by atoms with Crippen LogP contribution in [-0.4, -0.2) is 12.6 Å². The van der Waals surface area contributed by atoms with E-state index in [1.165, 1.54) is 96.3 Å². The van der Waals surface area contributed by atoms with E-state index in [0.29, 0.717) is 6.61 Å². The molecule has 2 heteroatoms. The van der Waals surface area contributed by atoms with E-state index in [1.807, 2.05) is 0 Å². The number of esters is 1. The molecule has 0 bridgehead atoms. The van der Waals surface area contributed by atoms with Crippen LogP contribution >= 0.6 is 0 Å². The van der Waals surface area contributed by atoms with E-state index in [0.717, 1.165) is 19.3 Å². The molecule has 2 nitrogen and oxygen atoms in total. The Morgan fingerprint density at radius 1 is 0.615 bits per heavy atom. The monoisotopic (exact) mass is 368 g/mol.